The maximum atomic E-state index is 12.9. The number of hydrogen-bond acceptors (Lipinski definition) is 5. The number of H-pyrrole nitrogens is 1. The first kappa shape index (κ1) is 19.4. The number of aromatic amines is 1. The number of likely N-dealkylation sites (tertiary alicyclic amines) is 1. The summed E-state index contributed by atoms with van der Waals surface area (Å²) in [5.74, 6) is 0.948. The van der Waals surface area contributed by atoms with E-state index in [9.17, 15) is 4.79 Å². The minimum absolute atomic E-state index is 0.00884. The molecule has 4 rings (SSSR count). The molecule has 0 unspecified atom stereocenters. The monoisotopic (exact) mass is 393 g/mol. The van der Waals surface area contributed by atoms with Crippen LogP contribution in [-0.2, 0) is 5.41 Å². The van der Waals surface area contributed by atoms with Crippen LogP contribution in [0.3, 0.4) is 0 Å². The number of amides is 1. The van der Waals surface area contributed by atoms with Gasteiger partial charge in [0, 0.05) is 30.0 Å². The van der Waals surface area contributed by atoms with Crippen molar-refractivity contribution in [2.45, 2.75) is 39.0 Å². The van der Waals surface area contributed by atoms with Gasteiger partial charge in [0.25, 0.3) is 5.91 Å². The molecule has 7 nitrogen and oxygen atoms in total. The molecule has 3 heterocycles. The summed E-state index contributed by atoms with van der Waals surface area (Å²) < 4.78 is 5.84. The van der Waals surface area contributed by atoms with Crippen molar-refractivity contribution >= 4 is 16.8 Å². The Hall–Kier alpha value is -2.96. The lowest BCUT2D eigenvalue weighted by Gasteiger charge is -2.31. The summed E-state index contributed by atoms with van der Waals surface area (Å²) in [7, 11) is 0. The van der Waals surface area contributed by atoms with Gasteiger partial charge in [-0.3, -0.25) is 9.89 Å². The molecule has 0 radical (unpaired) electrons. The third kappa shape index (κ3) is 4.23. The van der Waals surface area contributed by atoms with E-state index in [2.05, 4.69) is 41.2 Å². The molecule has 2 aromatic heterocycles. The fourth-order valence-corrected chi connectivity index (χ4v) is 3.58. The van der Waals surface area contributed by atoms with Crippen molar-refractivity contribution in [3.63, 3.8) is 0 Å². The summed E-state index contributed by atoms with van der Waals surface area (Å²) in [6, 6.07) is 11.6. The van der Waals surface area contributed by atoms with Gasteiger partial charge in [0.1, 0.15) is 0 Å². The van der Waals surface area contributed by atoms with Crippen LogP contribution < -0.4 is 4.74 Å². The first-order valence-electron chi connectivity index (χ1n) is 10.1. The quantitative estimate of drug-likeness (QED) is 0.732. The van der Waals surface area contributed by atoms with E-state index in [1.165, 1.54) is 0 Å². The van der Waals surface area contributed by atoms with E-state index >= 15 is 0 Å². The number of carbonyl (C=O) groups is 1. The highest BCUT2D eigenvalue weighted by Crippen LogP contribution is 2.23. The minimum Gasteiger partial charge on any atom is -0.476 e. The van der Waals surface area contributed by atoms with Crippen LogP contribution in [0.15, 0.2) is 36.4 Å². The topological polar surface area (TPSA) is 84.0 Å². The predicted molar refractivity (Wildman–Crippen MR) is 111 cm³/mol. The number of benzene rings is 1. The van der Waals surface area contributed by atoms with E-state index < -0.39 is 0 Å². The predicted octanol–water partition coefficient (Wildman–Crippen LogP) is 3.58. The molecule has 1 amide bonds. The van der Waals surface area contributed by atoms with Crippen LogP contribution in [0.2, 0.25) is 0 Å². The van der Waals surface area contributed by atoms with Crippen molar-refractivity contribution in [2.75, 3.05) is 19.7 Å². The van der Waals surface area contributed by atoms with Crippen molar-refractivity contribution in [3.05, 3.63) is 47.8 Å². The van der Waals surface area contributed by atoms with Gasteiger partial charge in [0.15, 0.2) is 5.69 Å². The second-order valence-corrected chi connectivity index (χ2v) is 8.67. The summed E-state index contributed by atoms with van der Waals surface area (Å²) >= 11 is 0. The third-order valence-corrected chi connectivity index (χ3v) is 5.45. The number of rotatable bonds is 4. The molecule has 0 saturated carbocycles. The molecule has 1 N–H and O–H groups in total. The molecule has 1 fully saturated rings. The van der Waals surface area contributed by atoms with Gasteiger partial charge in [-0.15, -0.1) is 5.10 Å². The van der Waals surface area contributed by atoms with Gasteiger partial charge in [0.2, 0.25) is 5.88 Å². The maximum Gasteiger partial charge on any atom is 0.274 e. The first-order valence-corrected chi connectivity index (χ1v) is 10.1. The Morgan fingerprint density at radius 3 is 2.59 bits per heavy atom. The molecular formula is C22H27N5O2. The molecule has 29 heavy (non-hydrogen) atoms. The Labute approximate surface area is 170 Å². The van der Waals surface area contributed by atoms with Crippen LogP contribution in [0, 0.1) is 5.92 Å². The number of para-hydroxylation sites is 1. The van der Waals surface area contributed by atoms with Gasteiger partial charge in [-0.1, -0.05) is 39.0 Å². The molecule has 152 valence electrons. The van der Waals surface area contributed by atoms with Crippen LogP contribution in [0.4, 0.5) is 0 Å². The van der Waals surface area contributed by atoms with Crippen molar-refractivity contribution in [1.82, 2.24) is 25.3 Å². The summed E-state index contributed by atoms with van der Waals surface area (Å²) in [5, 5.41) is 16.5. The van der Waals surface area contributed by atoms with Crippen LogP contribution >= 0.6 is 0 Å². The molecule has 1 aromatic carbocycles. The van der Waals surface area contributed by atoms with Crippen molar-refractivity contribution in [2.24, 2.45) is 5.92 Å². The van der Waals surface area contributed by atoms with Crippen LogP contribution in [0.5, 0.6) is 5.88 Å². The van der Waals surface area contributed by atoms with Gasteiger partial charge in [-0.25, -0.2) is 0 Å². The van der Waals surface area contributed by atoms with Gasteiger partial charge in [-0.2, -0.15) is 10.2 Å². The molecule has 1 saturated heterocycles. The highest BCUT2D eigenvalue weighted by molar-refractivity contribution is 6.04. The number of aromatic nitrogens is 4. The first-order chi connectivity index (χ1) is 13.9. The molecule has 7 heteroatoms. The number of nitrogens with zero attached hydrogens (tertiary/aromatic N) is 4. The van der Waals surface area contributed by atoms with E-state index in [-0.39, 0.29) is 11.3 Å². The number of piperidine rings is 1. The van der Waals surface area contributed by atoms with Gasteiger partial charge < -0.3 is 9.64 Å². The normalized spacial score (nSPS) is 15.6. The van der Waals surface area contributed by atoms with E-state index in [4.69, 9.17) is 4.74 Å². The smallest absolute Gasteiger partial charge is 0.274 e. The summed E-state index contributed by atoms with van der Waals surface area (Å²) in [4.78, 5) is 14.8. The van der Waals surface area contributed by atoms with E-state index in [0.717, 1.165) is 29.4 Å². The lowest BCUT2D eigenvalue weighted by atomic mass is 9.92. The Balaban J connectivity index is 1.30. The SMILES string of the molecule is CC(C)(C)c1ccc(OCC2CCN(C(=O)c3n[nH]c4ccccc34)CC2)nn1. The average Bonchev–Trinajstić information content (AvgIpc) is 3.16. The Morgan fingerprint density at radius 1 is 1.14 bits per heavy atom. The van der Waals surface area contributed by atoms with E-state index in [1.807, 2.05) is 41.3 Å². The zero-order valence-electron chi connectivity index (χ0n) is 17.2. The van der Waals surface area contributed by atoms with Gasteiger partial charge >= 0.3 is 0 Å². The number of nitrogens with one attached hydrogen (secondary N) is 1. The van der Waals surface area contributed by atoms with Crippen LogP contribution in [-0.4, -0.2) is 50.9 Å². The molecule has 1 aliphatic rings. The third-order valence-electron chi connectivity index (χ3n) is 5.45. The number of ether oxygens (including phenoxy) is 1. The molecular weight excluding hydrogens is 366 g/mol. The Morgan fingerprint density at radius 2 is 1.90 bits per heavy atom. The Kier molecular flexibility index (Phi) is 5.22. The van der Waals surface area contributed by atoms with Crippen molar-refractivity contribution < 1.29 is 9.53 Å². The molecule has 0 atom stereocenters. The maximum absolute atomic E-state index is 12.9. The van der Waals surface area contributed by atoms with Gasteiger partial charge in [0.05, 0.1) is 17.8 Å². The molecule has 1 aliphatic heterocycles. The zero-order chi connectivity index (χ0) is 20.4. The van der Waals surface area contributed by atoms with Crippen molar-refractivity contribution in [1.29, 1.82) is 0 Å². The van der Waals surface area contributed by atoms with E-state index in [1.54, 1.807) is 0 Å². The molecule has 0 spiro atoms. The lowest BCUT2D eigenvalue weighted by Crippen LogP contribution is -2.40. The fraction of sp³-hybridized carbons (Fsp3) is 0.455. The number of carbonyl (C=O) groups excluding carboxylic acids is 1. The van der Waals surface area contributed by atoms with E-state index in [0.29, 0.717) is 37.2 Å². The second kappa shape index (κ2) is 7.81. The lowest BCUT2D eigenvalue weighted by molar-refractivity contribution is 0.0655. The summed E-state index contributed by atoms with van der Waals surface area (Å²) in [6.07, 6.45) is 1.81. The van der Waals surface area contributed by atoms with Crippen molar-refractivity contribution in [3.8, 4) is 5.88 Å². The minimum atomic E-state index is -0.0233. The average molecular weight is 393 g/mol. The van der Waals surface area contributed by atoms with Crippen LogP contribution in [0.25, 0.3) is 10.9 Å². The molecule has 0 bridgehead atoms. The second-order valence-electron chi connectivity index (χ2n) is 8.67. The highest BCUT2D eigenvalue weighted by Gasteiger charge is 2.26. The summed E-state index contributed by atoms with van der Waals surface area (Å²) in [6.45, 7) is 8.34. The Bertz CT molecular complexity index is 982. The van der Waals surface area contributed by atoms with Crippen LogP contribution in [0.1, 0.15) is 49.8 Å². The summed E-state index contributed by atoms with van der Waals surface area (Å²) in [5.41, 5.74) is 2.31. The molecule has 3 aromatic rings. The number of fused-ring (bicyclic) bond motifs is 1. The zero-order valence-corrected chi connectivity index (χ0v) is 17.2. The molecule has 0 aliphatic carbocycles. The number of hydrogen-bond donors (Lipinski definition) is 1. The standard InChI is InChI=1S/C22H27N5O2/c1-22(2,3)18-8-9-19(25-24-18)29-14-15-10-12-27(13-11-15)21(28)20-16-6-4-5-7-17(16)23-26-20/h4-9,15H,10-14H2,1-3H3,(H,23,26). The van der Waals surface area contributed by atoms with Gasteiger partial charge in [-0.05, 0) is 30.9 Å². The highest BCUT2D eigenvalue weighted by atomic mass is 16.5. The fourth-order valence-electron chi connectivity index (χ4n) is 3.58. The largest absolute Gasteiger partial charge is 0.476 e.